The number of rotatable bonds is 4. The maximum atomic E-state index is 12.6. The van der Waals surface area contributed by atoms with Crippen molar-refractivity contribution in [2.24, 2.45) is 0 Å². The van der Waals surface area contributed by atoms with Crippen molar-refractivity contribution in [2.45, 2.75) is 12.5 Å². The molecule has 0 aliphatic carbocycles. The van der Waals surface area contributed by atoms with Crippen molar-refractivity contribution in [2.75, 3.05) is 0 Å². The van der Waals surface area contributed by atoms with E-state index in [9.17, 15) is 14.0 Å². The molecule has 88 valence electrons. The highest BCUT2D eigenvalue weighted by molar-refractivity contribution is 5.96. The normalized spacial score (nSPS) is 11.3. The first kappa shape index (κ1) is 12.7. The van der Waals surface area contributed by atoms with Gasteiger partial charge in [-0.3, -0.25) is 4.79 Å². The third-order valence-electron chi connectivity index (χ3n) is 2.03. The molecule has 1 rings (SSSR count). The zero-order chi connectivity index (χ0) is 12.8. The number of amides is 1. The van der Waals surface area contributed by atoms with Crippen LogP contribution in [0.15, 0.2) is 24.3 Å². The Kier molecular flexibility index (Phi) is 4.23. The molecule has 0 fully saturated rings. The minimum absolute atomic E-state index is 0.109. The van der Waals surface area contributed by atoms with Gasteiger partial charge in [-0.2, -0.15) is 0 Å². The molecule has 4 nitrogen and oxygen atoms in total. The number of benzene rings is 1. The molecule has 0 aliphatic heterocycles. The summed E-state index contributed by atoms with van der Waals surface area (Å²) in [5.41, 5.74) is 0.176. The Morgan fingerprint density at radius 3 is 2.47 bits per heavy atom. The summed E-state index contributed by atoms with van der Waals surface area (Å²) >= 11 is 0. The summed E-state index contributed by atoms with van der Waals surface area (Å²) in [4.78, 5) is 22.3. The molecule has 0 aromatic heterocycles. The fourth-order valence-electron chi connectivity index (χ4n) is 1.16. The van der Waals surface area contributed by atoms with E-state index in [1.54, 1.807) is 0 Å². The van der Waals surface area contributed by atoms with E-state index < -0.39 is 23.7 Å². The number of hydrogen-bond donors (Lipinski definition) is 2. The summed E-state index contributed by atoms with van der Waals surface area (Å²) in [7, 11) is 0. The second-order valence-corrected chi connectivity index (χ2v) is 3.28. The molecule has 1 unspecified atom stereocenters. The van der Waals surface area contributed by atoms with Crippen molar-refractivity contribution in [3.8, 4) is 12.3 Å². The molecule has 0 aliphatic rings. The highest BCUT2D eigenvalue weighted by atomic mass is 19.1. The summed E-state index contributed by atoms with van der Waals surface area (Å²) in [6, 6.07) is 3.62. The molecular formula is C12H10FNO3. The lowest BCUT2D eigenvalue weighted by Crippen LogP contribution is -2.40. The molecule has 0 bridgehead atoms. The Hall–Kier alpha value is -2.35. The van der Waals surface area contributed by atoms with Crippen molar-refractivity contribution >= 4 is 11.9 Å². The Labute approximate surface area is 97.5 Å². The molecule has 1 amide bonds. The molecule has 1 atom stereocenters. The van der Waals surface area contributed by atoms with Gasteiger partial charge in [0, 0.05) is 12.0 Å². The van der Waals surface area contributed by atoms with Crippen LogP contribution >= 0.6 is 0 Å². The average molecular weight is 235 g/mol. The lowest BCUT2D eigenvalue weighted by Gasteiger charge is -2.11. The van der Waals surface area contributed by atoms with E-state index in [2.05, 4.69) is 11.2 Å². The van der Waals surface area contributed by atoms with E-state index in [4.69, 9.17) is 11.5 Å². The molecule has 5 heteroatoms. The predicted molar refractivity (Wildman–Crippen MR) is 58.7 cm³/mol. The molecule has 2 N–H and O–H groups in total. The summed E-state index contributed by atoms with van der Waals surface area (Å²) in [6.07, 6.45) is 4.88. The molecule has 0 radical (unpaired) electrons. The third-order valence-corrected chi connectivity index (χ3v) is 2.03. The number of carboxylic acid groups (broad SMARTS) is 1. The highest BCUT2D eigenvalue weighted by Crippen LogP contribution is 2.03. The number of carbonyl (C=O) groups is 2. The molecule has 0 heterocycles. The fraction of sp³-hybridized carbons (Fsp3) is 0.167. The first-order valence-corrected chi connectivity index (χ1v) is 4.77. The van der Waals surface area contributed by atoms with Crippen LogP contribution in [0.1, 0.15) is 16.8 Å². The van der Waals surface area contributed by atoms with Crippen LogP contribution in [0.25, 0.3) is 0 Å². The van der Waals surface area contributed by atoms with Crippen LogP contribution in [-0.4, -0.2) is 23.0 Å². The van der Waals surface area contributed by atoms with Crippen LogP contribution in [0.4, 0.5) is 4.39 Å². The number of hydrogen-bond acceptors (Lipinski definition) is 2. The van der Waals surface area contributed by atoms with E-state index >= 15 is 0 Å². The molecular weight excluding hydrogens is 225 g/mol. The smallest absolute Gasteiger partial charge is 0.327 e. The summed E-state index contributed by atoms with van der Waals surface area (Å²) in [5.74, 6) is -0.127. The third kappa shape index (κ3) is 3.61. The number of carbonyl (C=O) groups excluding carboxylic acids is 1. The number of halogens is 1. The van der Waals surface area contributed by atoms with Crippen LogP contribution in [-0.2, 0) is 4.79 Å². The van der Waals surface area contributed by atoms with Gasteiger partial charge in [0.15, 0.2) is 0 Å². The van der Waals surface area contributed by atoms with Crippen LogP contribution in [0.3, 0.4) is 0 Å². The summed E-state index contributed by atoms with van der Waals surface area (Å²) in [5, 5.41) is 11.0. The average Bonchev–Trinajstić information content (AvgIpc) is 2.29. The monoisotopic (exact) mass is 235 g/mol. The van der Waals surface area contributed by atoms with Gasteiger partial charge in [-0.05, 0) is 24.3 Å². The molecule has 0 saturated carbocycles. The Balaban J connectivity index is 2.74. The Morgan fingerprint density at radius 2 is 2.00 bits per heavy atom. The van der Waals surface area contributed by atoms with Gasteiger partial charge in [0.2, 0.25) is 0 Å². The lowest BCUT2D eigenvalue weighted by atomic mass is 10.1. The van der Waals surface area contributed by atoms with Crippen molar-refractivity contribution < 1.29 is 19.1 Å². The van der Waals surface area contributed by atoms with Crippen molar-refractivity contribution in [3.05, 3.63) is 35.6 Å². The van der Waals surface area contributed by atoms with Crippen LogP contribution < -0.4 is 5.32 Å². The molecule has 1 aromatic rings. The minimum Gasteiger partial charge on any atom is -0.480 e. The van der Waals surface area contributed by atoms with Gasteiger partial charge in [-0.25, -0.2) is 9.18 Å². The Morgan fingerprint density at radius 1 is 1.41 bits per heavy atom. The van der Waals surface area contributed by atoms with Gasteiger partial charge in [-0.1, -0.05) is 0 Å². The minimum atomic E-state index is -1.21. The second kappa shape index (κ2) is 5.66. The first-order valence-electron chi connectivity index (χ1n) is 4.77. The Bertz CT molecular complexity index is 462. The maximum absolute atomic E-state index is 12.6. The number of aliphatic carboxylic acids is 1. The molecule has 1 aromatic carbocycles. The van der Waals surface area contributed by atoms with Crippen LogP contribution in [0, 0.1) is 18.2 Å². The number of terminal acetylenes is 1. The van der Waals surface area contributed by atoms with Crippen molar-refractivity contribution in [3.63, 3.8) is 0 Å². The lowest BCUT2D eigenvalue weighted by molar-refractivity contribution is -0.139. The largest absolute Gasteiger partial charge is 0.480 e. The second-order valence-electron chi connectivity index (χ2n) is 3.28. The molecule has 0 spiro atoms. The number of nitrogens with one attached hydrogen (secondary N) is 1. The number of carboxylic acids is 1. The predicted octanol–water partition coefficient (Wildman–Crippen LogP) is 1.03. The fourth-order valence-corrected chi connectivity index (χ4v) is 1.16. The highest BCUT2D eigenvalue weighted by Gasteiger charge is 2.19. The first-order chi connectivity index (χ1) is 8.04. The van der Waals surface area contributed by atoms with E-state index in [1.165, 1.54) is 12.1 Å². The van der Waals surface area contributed by atoms with Crippen LogP contribution in [0.5, 0.6) is 0 Å². The van der Waals surface area contributed by atoms with Gasteiger partial charge >= 0.3 is 5.97 Å². The zero-order valence-corrected chi connectivity index (χ0v) is 8.81. The SMILES string of the molecule is C#CCC(NC(=O)c1ccc(F)cc1)C(=O)O. The zero-order valence-electron chi connectivity index (χ0n) is 8.81. The molecule has 0 saturated heterocycles. The van der Waals surface area contributed by atoms with E-state index in [0.717, 1.165) is 12.1 Å². The maximum Gasteiger partial charge on any atom is 0.327 e. The topological polar surface area (TPSA) is 66.4 Å². The van der Waals surface area contributed by atoms with E-state index in [1.807, 2.05) is 0 Å². The molecule has 17 heavy (non-hydrogen) atoms. The summed E-state index contributed by atoms with van der Waals surface area (Å²) in [6.45, 7) is 0. The van der Waals surface area contributed by atoms with Gasteiger partial charge in [0.1, 0.15) is 11.9 Å². The van der Waals surface area contributed by atoms with Gasteiger partial charge in [0.05, 0.1) is 0 Å². The van der Waals surface area contributed by atoms with Crippen LogP contribution in [0.2, 0.25) is 0 Å². The van der Waals surface area contributed by atoms with Gasteiger partial charge in [-0.15, -0.1) is 12.3 Å². The van der Waals surface area contributed by atoms with E-state index in [0.29, 0.717) is 0 Å². The van der Waals surface area contributed by atoms with Gasteiger partial charge in [0.25, 0.3) is 5.91 Å². The van der Waals surface area contributed by atoms with Crippen molar-refractivity contribution in [1.29, 1.82) is 0 Å². The standard InChI is InChI=1S/C12H10FNO3/c1-2-3-10(12(16)17)14-11(15)8-4-6-9(13)7-5-8/h1,4-7,10H,3H2,(H,14,15)(H,16,17). The van der Waals surface area contributed by atoms with Crippen molar-refractivity contribution in [1.82, 2.24) is 5.32 Å². The van der Waals surface area contributed by atoms with E-state index in [-0.39, 0.29) is 12.0 Å². The summed E-state index contributed by atoms with van der Waals surface area (Å²) < 4.78 is 12.6. The van der Waals surface area contributed by atoms with Gasteiger partial charge < -0.3 is 10.4 Å². The quantitative estimate of drug-likeness (QED) is 0.766.